The molecule has 3 rings (SSSR count). The van der Waals surface area contributed by atoms with Crippen molar-refractivity contribution >= 4 is 23.2 Å². The molecule has 2 aliphatic rings. The average molecular weight is 288 g/mol. The highest BCUT2D eigenvalue weighted by Gasteiger charge is 2.29. The van der Waals surface area contributed by atoms with Crippen LogP contribution in [0.2, 0.25) is 0 Å². The fraction of sp³-hybridized carbons (Fsp3) is 0.467. The Kier molecular flexibility index (Phi) is 3.90. The van der Waals surface area contributed by atoms with Crippen molar-refractivity contribution < 1.29 is 9.59 Å². The molecule has 1 fully saturated rings. The van der Waals surface area contributed by atoms with Crippen molar-refractivity contribution in [3.8, 4) is 0 Å². The monoisotopic (exact) mass is 288 g/mol. The molecule has 0 radical (unpaired) electrons. The normalized spacial score (nSPS) is 22.6. The summed E-state index contributed by atoms with van der Waals surface area (Å²) in [6, 6.07) is 7.75. The maximum absolute atomic E-state index is 12.6. The lowest BCUT2D eigenvalue weighted by Gasteiger charge is -2.36. The molecule has 1 atom stereocenters. The predicted octanol–water partition coefficient (Wildman–Crippen LogP) is 0.265. The number of para-hydroxylation sites is 2. The zero-order valence-corrected chi connectivity index (χ0v) is 12.1. The van der Waals surface area contributed by atoms with E-state index in [4.69, 9.17) is 0 Å². The van der Waals surface area contributed by atoms with E-state index >= 15 is 0 Å². The van der Waals surface area contributed by atoms with Gasteiger partial charge in [0.2, 0.25) is 11.8 Å². The van der Waals surface area contributed by atoms with Gasteiger partial charge >= 0.3 is 0 Å². The quantitative estimate of drug-likeness (QED) is 0.820. The minimum absolute atomic E-state index is 0.0222. The zero-order valence-electron chi connectivity index (χ0n) is 12.1. The summed E-state index contributed by atoms with van der Waals surface area (Å²) in [5.74, 6) is -0.165. The van der Waals surface area contributed by atoms with Crippen LogP contribution in [0.15, 0.2) is 24.3 Å². The van der Waals surface area contributed by atoms with Gasteiger partial charge in [-0.2, -0.15) is 0 Å². The smallest absolute Gasteiger partial charge is 0.244 e. The van der Waals surface area contributed by atoms with Gasteiger partial charge in [-0.05, 0) is 19.1 Å². The van der Waals surface area contributed by atoms with E-state index in [1.54, 1.807) is 4.90 Å². The van der Waals surface area contributed by atoms with Gasteiger partial charge in [-0.25, -0.2) is 0 Å². The Morgan fingerprint density at radius 3 is 3.00 bits per heavy atom. The summed E-state index contributed by atoms with van der Waals surface area (Å²) in [6.07, 6.45) is 0. The molecule has 0 saturated carbocycles. The van der Waals surface area contributed by atoms with Crippen LogP contribution >= 0.6 is 0 Å². The zero-order chi connectivity index (χ0) is 14.8. The van der Waals surface area contributed by atoms with Gasteiger partial charge < -0.3 is 10.6 Å². The number of fused-ring (bicyclic) bond motifs is 1. The van der Waals surface area contributed by atoms with E-state index in [1.807, 2.05) is 24.3 Å². The number of rotatable bonds is 2. The molecule has 0 aliphatic carbocycles. The van der Waals surface area contributed by atoms with Gasteiger partial charge in [-0.3, -0.25) is 19.4 Å². The third-order valence-corrected chi connectivity index (χ3v) is 4.05. The van der Waals surface area contributed by atoms with Crippen molar-refractivity contribution in [3.05, 3.63) is 24.3 Å². The van der Waals surface area contributed by atoms with Crippen molar-refractivity contribution in [1.29, 1.82) is 0 Å². The summed E-state index contributed by atoms with van der Waals surface area (Å²) in [7, 11) is 0. The molecule has 0 aromatic heterocycles. The summed E-state index contributed by atoms with van der Waals surface area (Å²) >= 11 is 0. The predicted molar refractivity (Wildman–Crippen MR) is 81.3 cm³/mol. The molecule has 0 unspecified atom stereocenters. The first kappa shape index (κ1) is 14.0. The lowest BCUT2D eigenvalue weighted by atomic mass is 10.1. The van der Waals surface area contributed by atoms with Crippen LogP contribution in [0.1, 0.15) is 6.92 Å². The Balaban J connectivity index is 1.77. The van der Waals surface area contributed by atoms with Crippen molar-refractivity contribution in [2.24, 2.45) is 0 Å². The van der Waals surface area contributed by atoms with Crippen LogP contribution in [-0.4, -0.2) is 55.5 Å². The Morgan fingerprint density at radius 1 is 1.38 bits per heavy atom. The van der Waals surface area contributed by atoms with Crippen LogP contribution in [0, 0.1) is 0 Å². The summed E-state index contributed by atoms with van der Waals surface area (Å²) in [6.45, 7) is 5.20. The summed E-state index contributed by atoms with van der Waals surface area (Å²) in [4.78, 5) is 28.1. The van der Waals surface area contributed by atoms with Crippen molar-refractivity contribution in [2.75, 3.05) is 42.9 Å². The molecule has 112 valence electrons. The van der Waals surface area contributed by atoms with Crippen molar-refractivity contribution in [3.63, 3.8) is 0 Å². The van der Waals surface area contributed by atoms with Gasteiger partial charge in [0.05, 0.1) is 17.9 Å². The van der Waals surface area contributed by atoms with E-state index in [9.17, 15) is 9.59 Å². The Bertz CT molecular complexity index is 560. The van der Waals surface area contributed by atoms with Crippen LogP contribution in [0.5, 0.6) is 0 Å². The lowest BCUT2D eigenvalue weighted by Crippen LogP contribution is -2.54. The number of hydrogen-bond donors (Lipinski definition) is 2. The van der Waals surface area contributed by atoms with Gasteiger partial charge in [0, 0.05) is 25.7 Å². The van der Waals surface area contributed by atoms with Crippen LogP contribution in [0.4, 0.5) is 11.4 Å². The number of nitrogens with one attached hydrogen (secondary N) is 2. The van der Waals surface area contributed by atoms with Gasteiger partial charge in [0.15, 0.2) is 0 Å². The second kappa shape index (κ2) is 5.83. The highest BCUT2D eigenvalue weighted by atomic mass is 16.2. The SMILES string of the molecule is C[C@@H]1CNCCN1CC(=O)N1CC(=O)Nc2ccccc21. The van der Waals surface area contributed by atoms with Crippen LogP contribution < -0.4 is 15.5 Å². The van der Waals surface area contributed by atoms with Crippen molar-refractivity contribution in [1.82, 2.24) is 10.2 Å². The summed E-state index contributed by atoms with van der Waals surface area (Å²) in [5, 5.41) is 6.11. The molecule has 0 spiro atoms. The van der Waals surface area contributed by atoms with E-state index in [1.165, 1.54) is 0 Å². The number of anilines is 2. The van der Waals surface area contributed by atoms with E-state index in [-0.39, 0.29) is 18.4 Å². The third-order valence-electron chi connectivity index (χ3n) is 4.05. The van der Waals surface area contributed by atoms with Gasteiger partial charge in [-0.15, -0.1) is 0 Å². The molecule has 6 heteroatoms. The third kappa shape index (κ3) is 2.91. The fourth-order valence-corrected chi connectivity index (χ4v) is 2.83. The van der Waals surface area contributed by atoms with Crippen LogP contribution in [-0.2, 0) is 9.59 Å². The maximum Gasteiger partial charge on any atom is 0.244 e. The van der Waals surface area contributed by atoms with Crippen LogP contribution in [0.25, 0.3) is 0 Å². The van der Waals surface area contributed by atoms with Crippen molar-refractivity contribution in [2.45, 2.75) is 13.0 Å². The van der Waals surface area contributed by atoms with Gasteiger partial charge in [-0.1, -0.05) is 12.1 Å². The molecule has 2 N–H and O–H groups in total. The number of benzene rings is 1. The topological polar surface area (TPSA) is 64.7 Å². The first-order valence-electron chi connectivity index (χ1n) is 7.29. The average Bonchev–Trinajstić information content (AvgIpc) is 2.48. The van der Waals surface area contributed by atoms with Gasteiger partial charge in [0.25, 0.3) is 0 Å². The molecule has 1 aromatic carbocycles. The van der Waals surface area contributed by atoms with Gasteiger partial charge in [0.1, 0.15) is 6.54 Å². The Morgan fingerprint density at radius 2 is 2.19 bits per heavy atom. The molecular formula is C15H20N4O2. The minimum Gasteiger partial charge on any atom is -0.323 e. The molecule has 1 saturated heterocycles. The molecule has 6 nitrogen and oxygen atoms in total. The first-order valence-corrected chi connectivity index (χ1v) is 7.29. The molecule has 2 amide bonds. The highest BCUT2D eigenvalue weighted by molar-refractivity contribution is 6.10. The number of hydrogen-bond acceptors (Lipinski definition) is 4. The van der Waals surface area contributed by atoms with E-state index in [0.29, 0.717) is 18.3 Å². The molecule has 0 bridgehead atoms. The first-order chi connectivity index (χ1) is 10.1. The summed E-state index contributed by atoms with van der Waals surface area (Å²) in [5.41, 5.74) is 1.49. The van der Waals surface area contributed by atoms with E-state index in [2.05, 4.69) is 22.5 Å². The summed E-state index contributed by atoms with van der Waals surface area (Å²) < 4.78 is 0. The number of amides is 2. The molecule has 2 heterocycles. The van der Waals surface area contributed by atoms with Crippen LogP contribution in [0.3, 0.4) is 0 Å². The highest BCUT2D eigenvalue weighted by Crippen LogP contribution is 2.29. The largest absolute Gasteiger partial charge is 0.323 e. The fourth-order valence-electron chi connectivity index (χ4n) is 2.83. The second-order valence-electron chi connectivity index (χ2n) is 5.57. The standard InChI is InChI=1S/C15H20N4O2/c1-11-8-16-6-7-18(11)10-15(21)19-9-14(20)17-12-4-2-3-5-13(12)19/h2-5,11,16H,6-10H2,1H3,(H,17,20)/t11-/m1/s1. The molecular weight excluding hydrogens is 268 g/mol. The lowest BCUT2D eigenvalue weighted by molar-refractivity contribution is -0.123. The Hall–Kier alpha value is -1.92. The minimum atomic E-state index is -0.143. The molecule has 21 heavy (non-hydrogen) atoms. The maximum atomic E-state index is 12.6. The number of carbonyl (C=O) groups is 2. The Labute approximate surface area is 124 Å². The van der Waals surface area contributed by atoms with E-state index < -0.39 is 0 Å². The number of carbonyl (C=O) groups excluding carboxylic acids is 2. The molecule has 1 aromatic rings. The van der Waals surface area contributed by atoms with E-state index in [0.717, 1.165) is 25.3 Å². The molecule has 2 aliphatic heterocycles. The second-order valence-corrected chi connectivity index (χ2v) is 5.57. The number of nitrogens with zero attached hydrogens (tertiary/aromatic N) is 2. The number of piperazine rings is 1.